The van der Waals surface area contributed by atoms with Crippen molar-refractivity contribution in [2.45, 2.75) is 13.8 Å². The Balaban J connectivity index is 2.84. The first-order valence-electron chi connectivity index (χ1n) is 5.74. The van der Waals surface area contributed by atoms with E-state index in [0.29, 0.717) is 4.57 Å². The maximum atomic E-state index is 13.4. The molecule has 9 heteroatoms. The van der Waals surface area contributed by atoms with Crippen LogP contribution in [-0.2, 0) is 0 Å². The van der Waals surface area contributed by atoms with Gasteiger partial charge in [-0.05, 0) is 25.5 Å². The van der Waals surface area contributed by atoms with Crippen molar-refractivity contribution < 1.29 is 14.4 Å². The van der Waals surface area contributed by atoms with Gasteiger partial charge in [-0.15, -0.1) is 0 Å². The molecule has 110 valence electrons. The second-order valence-corrected chi connectivity index (χ2v) is 4.41. The molecule has 0 saturated carbocycles. The molecular weight excluding hydrogens is 285 g/mol. The molecule has 2 N–H and O–H groups in total. The Bertz CT molecular complexity index is 868. The molecule has 2 aromatic rings. The molecule has 8 nitrogen and oxygen atoms in total. The first kappa shape index (κ1) is 14.4. The Hall–Kier alpha value is -2.97. The van der Waals surface area contributed by atoms with Gasteiger partial charge in [-0.25, -0.2) is 9.36 Å². The van der Waals surface area contributed by atoms with Crippen LogP contribution in [0.25, 0.3) is 5.69 Å². The third kappa shape index (κ3) is 2.29. The summed E-state index contributed by atoms with van der Waals surface area (Å²) in [5.74, 6) is -2.66. The Morgan fingerprint density at radius 3 is 2.48 bits per heavy atom. The maximum absolute atomic E-state index is 13.4. The Morgan fingerprint density at radius 1 is 1.29 bits per heavy atom. The molecule has 1 aromatic heterocycles. The van der Waals surface area contributed by atoms with Gasteiger partial charge in [-0.1, -0.05) is 0 Å². The van der Waals surface area contributed by atoms with E-state index < -0.39 is 27.9 Å². The Kier molecular flexibility index (Phi) is 3.34. The highest BCUT2D eigenvalue weighted by Crippen LogP contribution is 2.26. The molecule has 0 saturated heterocycles. The number of nitrogens with one attached hydrogen (secondary N) is 1. The monoisotopic (exact) mass is 295 g/mol. The number of hydrogen-bond acceptors (Lipinski definition) is 5. The quantitative estimate of drug-likeness (QED) is 0.630. The van der Waals surface area contributed by atoms with Crippen molar-refractivity contribution in [1.29, 1.82) is 0 Å². The zero-order chi connectivity index (χ0) is 15.9. The van der Waals surface area contributed by atoms with E-state index in [4.69, 9.17) is 0 Å². The number of halogens is 1. The minimum atomic E-state index is -1.51. The SMILES string of the molecule is Cc1cc([N+](=O)[O-])c(C)cc1-n1c(O)c(F)c(=O)[nH]c1=O. The molecule has 1 heterocycles. The maximum Gasteiger partial charge on any atom is 0.335 e. The molecule has 0 aliphatic rings. The number of rotatable bonds is 2. The highest BCUT2D eigenvalue weighted by Gasteiger charge is 2.20. The molecule has 21 heavy (non-hydrogen) atoms. The number of benzene rings is 1. The third-order valence-corrected chi connectivity index (χ3v) is 2.98. The fourth-order valence-corrected chi connectivity index (χ4v) is 1.95. The van der Waals surface area contributed by atoms with E-state index in [0.717, 1.165) is 0 Å². The van der Waals surface area contributed by atoms with Gasteiger partial charge in [-0.2, -0.15) is 4.39 Å². The van der Waals surface area contributed by atoms with E-state index in [1.54, 1.807) is 4.98 Å². The summed E-state index contributed by atoms with van der Waals surface area (Å²) in [5.41, 5.74) is -2.04. The zero-order valence-corrected chi connectivity index (χ0v) is 11.0. The second kappa shape index (κ2) is 4.85. The van der Waals surface area contributed by atoms with Gasteiger partial charge in [0.1, 0.15) is 0 Å². The Morgan fingerprint density at radius 2 is 1.90 bits per heavy atom. The first-order chi connectivity index (χ1) is 9.73. The summed E-state index contributed by atoms with van der Waals surface area (Å²) in [7, 11) is 0. The Labute approximate surface area is 116 Å². The molecule has 0 radical (unpaired) electrons. The van der Waals surface area contributed by atoms with E-state index in [1.807, 2.05) is 0 Å². The number of aryl methyl sites for hydroxylation is 2. The predicted octanol–water partition coefficient (Wildman–Crippen LogP) is 0.896. The number of aromatic nitrogens is 2. The molecule has 0 atom stereocenters. The molecule has 0 aliphatic heterocycles. The van der Waals surface area contributed by atoms with Crippen LogP contribution < -0.4 is 11.2 Å². The van der Waals surface area contributed by atoms with Crippen LogP contribution in [0.3, 0.4) is 0 Å². The van der Waals surface area contributed by atoms with Crippen molar-refractivity contribution in [2.75, 3.05) is 0 Å². The van der Waals surface area contributed by atoms with Crippen LogP contribution >= 0.6 is 0 Å². The lowest BCUT2D eigenvalue weighted by Gasteiger charge is -2.12. The van der Waals surface area contributed by atoms with Crippen LogP contribution in [0.15, 0.2) is 21.7 Å². The van der Waals surface area contributed by atoms with Gasteiger partial charge in [0.25, 0.3) is 11.2 Å². The number of hydrogen-bond donors (Lipinski definition) is 2. The second-order valence-electron chi connectivity index (χ2n) is 4.41. The lowest BCUT2D eigenvalue weighted by molar-refractivity contribution is -0.385. The fraction of sp³-hybridized carbons (Fsp3) is 0.167. The standard InChI is InChI=1S/C12H10FN3O5/c1-5-4-8(16(20)21)6(2)3-7(5)15-11(18)9(13)10(17)14-12(15)19/h3-4,18H,1-2H3,(H,14,17,19). The summed E-state index contributed by atoms with van der Waals surface area (Å²) in [4.78, 5) is 34.7. The molecule has 2 rings (SSSR count). The molecule has 0 aliphatic carbocycles. The van der Waals surface area contributed by atoms with E-state index in [2.05, 4.69) is 0 Å². The lowest BCUT2D eigenvalue weighted by Crippen LogP contribution is -2.31. The number of aromatic hydroxyl groups is 1. The summed E-state index contributed by atoms with van der Waals surface area (Å²) < 4.78 is 14.0. The van der Waals surface area contributed by atoms with Gasteiger partial charge < -0.3 is 5.11 Å². The van der Waals surface area contributed by atoms with E-state index in [9.17, 15) is 29.2 Å². The van der Waals surface area contributed by atoms with Gasteiger partial charge in [-0.3, -0.25) is 19.9 Å². The molecular formula is C12H10FN3O5. The molecule has 0 bridgehead atoms. The van der Waals surface area contributed by atoms with Crippen LogP contribution in [0.5, 0.6) is 5.88 Å². The zero-order valence-electron chi connectivity index (χ0n) is 11.0. The normalized spacial score (nSPS) is 10.6. The number of H-pyrrole nitrogens is 1. The van der Waals surface area contributed by atoms with Crippen molar-refractivity contribution in [3.8, 4) is 11.6 Å². The average Bonchev–Trinajstić information content (AvgIpc) is 2.39. The van der Waals surface area contributed by atoms with Gasteiger partial charge in [0.15, 0.2) is 0 Å². The number of aromatic amines is 1. The van der Waals surface area contributed by atoms with Crippen molar-refractivity contribution in [1.82, 2.24) is 9.55 Å². The van der Waals surface area contributed by atoms with Crippen molar-refractivity contribution in [2.24, 2.45) is 0 Å². The first-order valence-corrected chi connectivity index (χ1v) is 5.74. The highest BCUT2D eigenvalue weighted by atomic mass is 19.1. The molecule has 0 amide bonds. The summed E-state index contributed by atoms with van der Waals surface area (Å²) in [6, 6.07) is 2.45. The molecule has 0 fully saturated rings. The summed E-state index contributed by atoms with van der Waals surface area (Å²) >= 11 is 0. The predicted molar refractivity (Wildman–Crippen MR) is 70.4 cm³/mol. The summed E-state index contributed by atoms with van der Waals surface area (Å²) in [5, 5.41) is 20.5. The average molecular weight is 295 g/mol. The largest absolute Gasteiger partial charge is 0.492 e. The topological polar surface area (TPSA) is 118 Å². The summed E-state index contributed by atoms with van der Waals surface area (Å²) in [6.45, 7) is 2.89. The minimum absolute atomic E-state index is 0.0377. The molecule has 0 unspecified atom stereocenters. The van der Waals surface area contributed by atoms with Gasteiger partial charge in [0.05, 0.1) is 10.6 Å². The smallest absolute Gasteiger partial charge is 0.335 e. The van der Waals surface area contributed by atoms with Crippen molar-refractivity contribution in [3.05, 3.63) is 60.0 Å². The van der Waals surface area contributed by atoms with Crippen LogP contribution in [0.4, 0.5) is 10.1 Å². The lowest BCUT2D eigenvalue weighted by atomic mass is 10.1. The van der Waals surface area contributed by atoms with Crippen molar-refractivity contribution >= 4 is 5.69 Å². The van der Waals surface area contributed by atoms with Crippen LogP contribution in [0.1, 0.15) is 11.1 Å². The number of nitrogens with zero attached hydrogens (tertiary/aromatic N) is 2. The van der Waals surface area contributed by atoms with Gasteiger partial charge in [0, 0.05) is 11.6 Å². The van der Waals surface area contributed by atoms with Gasteiger partial charge in [0.2, 0.25) is 11.7 Å². The van der Waals surface area contributed by atoms with E-state index >= 15 is 0 Å². The van der Waals surface area contributed by atoms with E-state index in [1.165, 1.54) is 26.0 Å². The van der Waals surface area contributed by atoms with Gasteiger partial charge >= 0.3 is 5.69 Å². The summed E-state index contributed by atoms with van der Waals surface area (Å²) in [6.07, 6.45) is 0. The number of nitro benzene ring substituents is 1. The molecule has 0 spiro atoms. The third-order valence-electron chi connectivity index (χ3n) is 2.98. The van der Waals surface area contributed by atoms with Crippen LogP contribution in [-0.4, -0.2) is 19.6 Å². The van der Waals surface area contributed by atoms with Crippen molar-refractivity contribution in [3.63, 3.8) is 0 Å². The minimum Gasteiger partial charge on any atom is -0.492 e. The molecule has 1 aromatic carbocycles. The fourth-order valence-electron chi connectivity index (χ4n) is 1.95. The highest BCUT2D eigenvalue weighted by molar-refractivity contribution is 5.53. The van der Waals surface area contributed by atoms with E-state index in [-0.39, 0.29) is 22.5 Å². The van der Waals surface area contributed by atoms with Crippen LogP contribution in [0, 0.1) is 29.8 Å². The number of nitro groups is 1. The van der Waals surface area contributed by atoms with Crippen LogP contribution in [0.2, 0.25) is 0 Å².